The molecule has 3 aromatic heterocycles. The molecule has 1 unspecified atom stereocenters. The highest BCUT2D eigenvalue weighted by molar-refractivity contribution is 5.91. The lowest BCUT2D eigenvalue weighted by molar-refractivity contribution is -0.140. The topological polar surface area (TPSA) is 108 Å². The van der Waals surface area contributed by atoms with E-state index in [0.717, 1.165) is 6.20 Å². The maximum Gasteiger partial charge on any atom is 0.405 e. The van der Waals surface area contributed by atoms with E-state index in [4.69, 9.17) is 0 Å². The monoisotopic (exact) mass is 411 g/mol. The second-order valence-corrected chi connectivity index (χ2v) is 6.49. The standard InChI is InChI=1S/C17H17F4N7O/c1-3-16(2,15(29)25-7-17(19,20)21)28-14-11(18)6-24-13(27-14)10-5-23-12-9(10)4-22-8-26-12/h4-6,8H,3,7H2,1-2H3,(H,25,29)(H,22,23,26)(H,24,27,28). The van der Waals surface area contributed by atoms with E-state index >= 15 is 0 Å². The Labute approximate surface area is 162 Å². The van der Waals surface area contributed by atoms with E-state index in [0.29, 0.717) is 16.6 Å². The van der Waals surface area contributed by atoms with Crippen LogP contribution in [-0.4, -0.2) is 49.1 Å². The molecule has 0 fully saturated rings. The van der Waals surface area contributed by atoms with Crippen molar-refractivity contribution in [3.8, 4) is 11.4 Å². The van der Waals surface area contributed by atoms with Crippen LogP contribution in [0.15, 0.2) is 24.9 Å². The average Bonchev–Trinajstić information content (AvgIpc) is 3.11. The van der Waals surface area contributed by atoms with Crippen molar-refractivity contribution in [1.82, 2.24) is 30.2 Å². The van der Waals surface area contributed by atoms with Crippen molar-refractivity contribution >= 4 is 22.8 Å². The number of aromatic nitrogens is 5. The summed E-state index contributed by atoms with van der Waals surface area (Å²) >= 11 is 0. The molecule has 0 saturated carbocycles. The van der Waals surface area contributed by atoms with Crippen LogP contribution in [0.2, 0.25) is 0 Å². The number of fused-ring (bicyclic) bond motifs is 1. The molecule has 8 nitrogen and oxygen atoms in total. The normalized spacial score (nSPS) is 13.9. The van der Waals surface area contributed by atoms with Crippen molar-refractivity contribution in [2.45, 2.75) is 32.0 Å². The van der Waals surface area contributed by atoms with Gasteiger partial charge in [-0.25, -0.2) is 24.3 Å². The summed E-state index contributed by atoms with van der Waals surface area (Å²) in [6.45, 7) is 1.45. The molecule has 1 amide bonds. The number of H-pyrrole nitrogens is 1. The van der Waals surface area contributed by atoms with Gasteiger partial charge in [0.15, 0.2) is 17.5 Å². The van der Waals surface area contributed by atoms with Gasteiger partial charge in [0.05, 0.1) is 6.20 Å². The molecule has 0 bridgehead atoms. The number of alkyl halides is 3. The van der Waals surface area contributed by atoms with Crippen LogP contribution in [0.4, 0.5) is 23.4 Å². The van der Waals surface area contributed by atoms with Gasteiger partial charge in [-0.05, 0) is 13.3 Å². The maximum atomic E-state index is 14.3. The number of hydrogen-bond acceptors (Lipinski definition) is 6. The average molecular weight is 411 g/mol. The van der Waals surface area contributed by atoms with E-state index < -0.39 is 30.0 Å². The van der Waals surface area contributed by atoms with Crippen molar-refractivity contribution in [3.05, 3.63) is 30.7 Å². The number of nitrogens with one attached hydrogen (secondary N) is 3. The van der Waals surface area contributed by atoms with Crippen molar-refractivity contribution in [1.29, 1.82) is 0 Å². The van der Waals surface area contributed by atoms with E-state index in [9.17, 15) is 22.4 Å². The predicted molar refractivity (Wildman–Crippen MR) is 96.3 cm³/mol. The molecule has 3 rings (SSSR count). The van der Waals surface area contributed by atoms with Crippen LogP contribution in [0.1, 0.15) is 20.3 Å². The Morgan fingerprint density at radius 2 is 2.00 bits per heavy atom. The zero-order valence-corrected chi connectivity index (χ0v) is 15.4. The highest BCUT2D eigenvalue weighted by Crippen LogP contribution is 2.27. The summed E-state index contributed by atoms with van der Waals surface area (Å²) in [5.41, 5.74) is -0.494. The maximum absolute atomic E-state index is 14.3. The third-order valence-electron chi connectivity index (χ3n) is 4.39. The lowest BCUT2D eigenvalue weighted by atomic mass is 9.97. The Morgan fingerprint density at radius 3 is 2.69 bits per heavy atom. The van der Waals surface area contributed by atoms with E-state index in [1.54, 1.807) is 18.4 Å². The van der Waals surface area contributed by atoms with Crippen LogP contribution in [0, 0.1) is 5.82 Å². The zero-order chi connectivity index (χ0) is 21.2. The first-order chi connectivity index (χ1) is 13.6. The van der Waals surface area contributed by atoms with Crippen LogP contribution in [0.3, 0.4) is 0 Å². The summed E-state index contributed by atoms with van der Waals surface area (Å²) in [6, 6.07) is 0. The Balaban J connectivity index is 1.90. The largest absolute Gasteiger partial charge is 0.405 e. The fourth-order valence-electron chi connectivity index (χ4n) is 2.57. The number of rotatable bonds is 6. The van der Waals surface area contributed by atoms with Crippen molar-refractivity contribution < 1.29 is 22.4 Å². The molecular weight excluding hydrogens is 394 g/mol. The van der Waals surface area contributed by atoms with Crippen molar-refractivity contribution in [2.24, 2.45) is 0 Å². The second-order valence-electron chi connectivity index (χ2n) is 6.49. The highest BCUT2D eigenvalue weighted by atomic mass is 19.4. The van der Waals surface area contributed by atoms with E-state index in [1.807, 2.05) is 0 Å². The number of nitrogens with zero attached hydrogens (tertiary/aromatic N) is 4. The molecule has 0 aliphatic rings. The van der Waals surface area contributed by atoms with Gasteiger partial charge >= 0.3 is 6.18 Å². The van der Waals surface area contributed by atoms with Gasteiger partial charge in [0.1, 0.15) is 24.1 Å². The molecular formula is C17H17F4N7O. The Kier molecular flexibility index (Phi) is 5.36. The molecule has 0 saturated heterocycles. The first kappa shape index (κ1) is 20.4. The predicted octanol–water partition coefficient (Wildman–Crippen LogP) is 2.81. The SMILES string of the molecule is CCC(C)(Nc1nc(-c2c[nH]c3ncncc23)ncc1F)C(=O)NCC(F)(F)F. The third kappa shape index (κ3) is 4.41. The number of carbonyl (C=O) groups is 1. The summed E-state index contributed by atoms with van der Waals surface area (Å²) in [5.74, 6) is -1.97. The lowest BCUT2D eigenvalue weighted by Crippen LogP contribution is -2.52. The molecule has 3 heterocycles. The van der Waals surface area contributed by atoms with Crippen molar-refractivity contribution in [3.63, 3.8) is 0 Å². The number of carbonyl (C=O) groups excluding carboxylic acids is 1. The molecule has 29 heavy (non-hydrogen) atoms. The number of anilines is 1. The summed E-state index contributed by atoms with van der Waals surface area (Å²) in [6.07, 6.45) is 0.899. The van der Waals surface area contributed by atoms with Gasteiger partial charge in [-0.3, -0.25) is 4.79 Å². The van der Waals surface area contributed by atoms with Crippen LogP contribution in [0.25, 0.3) is 22.4 Å². The Hall–Kier alpha value is -3.31. The van der Waals surface area contributed by atoms with Crippen LogP contribution in [0.5, 0.6) is 0 Å². The molecule has 0 radical (unpaired) electrons. The fourth-order valence-corrected chi connectivity index (χ4v) is 2.57. The number of aromatic amines is 1. The summed E-state index contributed by atoms with van der Waals surface area (Å²) < 4.78 is 51.5. The van der Waals surface area contributed by atoms with E-state index in [2.05, 4.69) is 30.2 Å². The van der Waals surface area contributed by atoms with Gasteiger partial charge < -0.3 is 15.6 Å². The Bertz CT molecular complexity index is 1040. The molecule has 12 heteroatoms. The highest BCUT2D eigenvalue weighted by Gasteiger charge is 2.36. The minimum absolute atomic E-state index is 0.0798. The first-order valence-corrected chi connectivity index (χ1v) is 8.56. The third-order valence-corrected chi connectivity index (χ3v) is 4.39. The summed E-state index contributed by atoms with van der Waals surface area (Å²) in [7, 11) is 0. The first-order valence-electron chi connectivity index (χ1n) is 8.56. The summed E-state index contributed by atoms with van der Waals surface area (Å²) in [4.78, 5) is 31.2. The van der Waals surface area contributed by atoms with E-state index in [1.165, 1.54) is 19.4 Å². The van der Waals surface area contributed by atoms with Crippen LogP contribution >= 0.6 is 0 Å². The Morgan fingerprint density at radius 1 is 1.24 bits per heavy atom. The number of amides is 1. The molecule has 3 N–H and O–H groups in total. The smallest absolute Gasteiger partial charge is 0.354 e. The number of hydrogen-bond donors (Lipinski definition) is 3. The van der Waals surface area contributed by atoms with Gasteiger partial charge in [-0.15, -0.1) is 0 Å². The zero-order valence-electron chi connectivity index (χ0n) is 15.4. The van der Waals surface area contributed by atoms with Gasteiger partial charge in [0, 0.05) is 23.3 Å². The van der Waals surface area contributed by atoms with Gasteiger partial charge in [-0.2, -0.15) is 13.2 Å². The summed E-state index contributed by atoms with van der Waals surface area (Å²) in [5, 5.41) is 5.02. The van der Waals surface area contributed by atoms with Crippen molar-refractivity contribution in [2.75, 3.05) is 11.9 Å². The van der Waals surface area contributed by atoms with Crippen LogP contribution in [-0.2, 0) is 4.79 Å². The van der Waals surface area contributed by atoms with Gasteiger partial charge in [0.25, 0.3) is 0 Å². The van der Waals surface area contributed by atoms with E-state index in [-0.39, 0.29) is 18.1 Å². The molecule has 0 aromatic carbocycles. The molecule has 0 aliphatic heterocycles. The molecule has 0 spiro atoms. The minimum atomic E-state index is -4.56. The van der Waals surface area contributed by atoms with Gasteiger partial charge in [-0.1, -0.05) is 6.92 Å². The molecule has 3 aromatic rings. The molecule has 1 atom stereocenters. The quantitative estimate of drug-likeness (QED) is 0.539. The molecule has 154 valence electrons. The second kappa shape index (κ2) is 7.60. The van der Waals surface area contributed by atoms with Crippen LogP contribution < -0.4 is 10.6 Å². The minimum Gasteiger partial charge on any atom is -0.354 e. The number of halogens is 4. The molecule has 0 aliphatic carbocycles. The van der Waals surface area contributed by atoms with Gasteiger partial charge in [0.2, 0.25) is 5.91 Å². The lowest BCUT2D eigenvalue weighted by Gasteiger charge is -2.29. The fraction of sp³-hybridized carbons (Fsp3) is 0.353.